The second-order valence-electron chi connectivity index (χ2n) is 9.93. The van der Waals surface area contributed by atoms with Gasteiger partial charge in [0.25, 0.3) is 5.56 Å². The summed E-state index contributed by atoms with van der Waals surface area (Å²) < 4.78 is 6.80. The molecule has 0 saturated heterocycles. The quantitative estimate of drug-likeness (QED) is 0.701. The Morgan fingerprint density at radius 3 is 2.20 bits per heavy atom. The zero-order chi connectivity index (χ0) is 21.0. The Hall–Kier alpha value is -2.50. The molecule has 4 bridgehead atoms. The first-order chi connectivity index (χ1) is 14.4. The van der Waals surface area contributed by atoms with Gasteiger partial charge in [0, 0.05) is 10.8 Å². The summed E-state index contributed by atoms with van der Waals surface area (Å²) in [5, 5.41) is 5.18. The summed E-state index contributed by atoms with van der Waals surface area (Å²) in [6.07, 6.45) is 6.65. The molecule has 6 nitrogen and oxygen atoms in total. The first-order valence-electron chi connectivity index (χ1n) is 11.1. The van der Waals surface area contributed by atoms with E-state index in [1.54, 1.807) is 24.3 Å². The fourth-order valence-corrected chi connectivity index (χ4v) is 6.51. The maximum atomic E-state index is 13.2. The van der Waals surface area contributed by atoms with Crippen LogP contribution in [-0.4, -0.2) is 28.1 Å². The van der Waals surface area contributed by atoms with Crippen LogP contribution in [0.1, 0.15) is 68.9 Å². The van der Waals surface area contributed by atoms with Crippen LogP contribution in [0.15, 0.2) is 29.1 Å². The van der Waals surface area contributed by atoms with Crippen LogP contribution in [0.5, 0.6) is 0 Å². The van der Waals surface area contributed by atoms with E-state index in [0.29, 0.717) is 28.5 Å². The van der Waals surface area contributed by atoms with Crippen molar-refractivity contribution in [2.75, 3.05) is 6.61 Å². The monoisotopic (exact) mass is 408 g/mol. The van der Waals surface area contributed by atoms with Gasteiger partial charge in [0.05, 0.1) is 11.4 Å². The molecule has 158 valence electrons. The molecule has 0 amide bonds. The van der Waals surface area contributed by atoms with E-state index in [0.717, 1.165) is 19.3 Å². The maximum absolute atomic E-state index is 13.2. The lowest BCUT2D eigenvalue weighted by Crippen LogP contribution is -2.51. The molecular weight excluding hydrogens is 380 g/mol. The molecule has 30 heavy (non-hydrogen) atoms. The molecule has 1 aromatic carbocycles. The molecule has 2 aromatic rings. The summed E-state index contributed by atoms with van der Waals surface area (Å²) in [5.41, 5.74) is -0.430. The highest BCUT2D eigenvalue weighted by molar-refractivity contribution is 6.03. The van der Waals surface area contributed by atoms with Crippen LogP contribution in [0.25, 0.3) is 10.8 Å². The van der Waals surface area contributed by atoms with Crippen molar-refractivity contribution in [3.8, 4) is 0 Å². The lowest BCUT2D eigenvalue weighted by molar-refractivity contribution is -0.147. The Labute approximate surface area is 175 Å². The van der Waals surface area contributed by atoms with Crippen LogP contribution in [-0.2, 0) is 9.53 Å². The molecule has 4 aliphatic carbocycles. The molecule has 0 spiro atoms. The number of esters is 1. The van der Waals surface area contributed by atoms with Crippen LogP contribution < -0.4 is 5.56 Å². The highest BCUT2D eigenvalue weighted by Gasteiger charge is 2.54. The highest BCUT2D eigenvalue weighted by Crippen LogP contribution is 2.60. The Kier molecular flexibility index (Phi) is 4.56. The van der Waals surface area contributed by atoms with Crippen molar-refractivity contribution >= 4 is 22.5 Å². The second-order valence-corrected chi connectivity index (χ2v) is 9.93. The summed E-state index contributed by atoms with van der Waals surface area (Å²) in [7, 11) is 0. The number of aromatic nitrogens is 2. The minimum absolute atomic E-state index is 0.0661. The number of benzene rings is 1. The number of ether oxygens (including phenoxy) is 1. The number of fused-ring (bicyclic) bond motifs is 1. The van der Waals surface area contributed by atoms with Gasteiger partial charge in [-0.15, -0.1) is 0 Å². The normalized spacial score (nSPS) is 29.5. The lowest BCUT2D eigenvalue weighted by atomic mass is 9.48. The fraction of sp³-hybridized carbons (Fsp3) is 0.583. The number of rotatable bonds is 5. The summed E-state index contributed by atoms with van der Waals surface area (Å²) >= 11 is 0. The predicted molar refractivity (Wildman–Crippen MR) is 112 cm³/mol. The molecular formula is C24H28N2O4. The number of nitrogens with zero attached hydrogens (tertiary/aromatic N) is 2. The number of carbonyl (C=O) groups excluding carboxylic acids is 2. The standard InChI is InChI=1S/C24H28N2O4/c1-14(2)26-22(28)19-6-4-3-5-18(19)21(25-26)23(29)30-13-20(27)24-10-15-7-16(11-24)9-17(8-15)12-24/h3-6,14-17H,7-13H2,1-2H3. The Balaban J connectivity index is 1.39. The first kappa shape index (κ1) is 19.5. The zero-order valence-corrected chi connectivity index (χ0v) is 17.6. The third kappa shape index (κ3) is 3.08. The van der Waals surface area contributed by atoms with Gasteiger partial charge < -0.3 is 4.74 Å². The van der Waals surface area contributed by atoms with Gasteiger partial charge in [-0.2, -0.15) is 5.10 Å². The Morgan fingerprint density at radius 2 is 1.63 bits per heavy atom. The largest absolute Gasteiger partial charge is 0.453 e. The molecule has 1 aromatic heterocycles. The molecule has 0 unspecified atom stereocenters. The average Bonchev–Trinajstić information content (AvgIpc) is 2.71. The summed E-state index contributed by atoms with van der Waals surface area (Å²) in [5.74, 6) is 1.42. The van der Waals surface area contributed by atoms with Crippen LogP contribution >= 0.6 is 0 Å². The molecule has 4 saturated carbocycles. The van der Waals surface area contributed by atoms with E-state index in [4.69, 9.17) is 4.74 Å². The van der Waals surface area contributed by atoms with E-state index in [-0.39, 0.29) is 35.1 Å². The SMILES string of the molecule is CC(C)n1nc(C(=O)OCC(=O)C23CC4CC(CC(C4)C2)C3)c2ccccc2c1=O. The van der Waals surface area contributed by atoms with Gasteiger partial charge in [-0.05, 0) is 76.2 Å². The third-order valence-electron chi connectivity index (χ3n) is 7.47. The van der Waals surface area contributed by atoms with E-state index in [1.807, 2.05) is 13.8 Å². The van der Waals surface area contributed by atoms with Crippen LogP contribution in [0.2, 0.25) is 0 Å². The van der Waals surface area contributed by atoms with Crippen LogP contribution in [0.4, 0.5) is 0 Å². The minimum atomic E-state index is -0.640. The van der Waals surface area contributed by atoms with Crippen molar-refractivity contribution in [2.45, 2.75) is 58.4 Å². The molecule has 1 heterocycles. The molecule has 0 N–H and O–H groups in total. The summed E-state index contributed by atoms with van der Waals surface area (Å²) in [4.78, 5) is 38.8. The van der Waals surface area contributed by atoms with Gasteiger partial charge in [0.1, 0.15) is 0 Å². The third-order valence-corrected chi connectivity index (χ3v) is 7.47. The van der Waals surface area contributed by atoms with E-state index < -0.39 is 5.97 Å². The lowest BCUT2D eigenvalue weighted by Gasteiger charge is -2.55. The average molecular weight is 408 g/mol. The van der Waals surface area contributed by atoms with Crippen LogP contribution in [0.3, 0.4) is 0 Å². The molecule has 0 radical (unpaired) electrons. The molecule has 4 fully saturated rings. The molecule has 6 rings (SSSR count). The van der Waals surface area contributed by atoms with Gasteiger partial charge in [0.15, 0.2) is 18.1 Å². The number of carbonyl (C=O) groups is 2. The van der Waals surface area contributed by atoms with E-state index in [9.17, 15) is 14.4 Å². The number of hydrogen-bond acceptors (Lipinski definition) is 5. The topological polar surface area (TPSA) is 78.3 Å². The Bertz CT molecular complexity index is 1050. The van der Waals surface area contributed by atoms with Crippen molar-refractivity contribution in [3.63, 3.8) is 0 Å². The Morgan fingerprint density at radius 1 is 1.07 bits per heavy atom. The maximum Gasteiger partial charge on any atom is 0.359 e. The van der Waals surface area contributed by atoms with Crippen molar-refractivity contribution in [2.24, 2.45) is 23.2 Å². The number of Topliss-reactive ketones (excluding diaryl/α,β-unsaturated/α-hetero) is 1. The van der Waals surface area contributed by atoms with E-state index in [2.05, 4.69) is 5.10 Å². The fourth-order valence-electron chi connectivity index (χ4n) is 6.51. The zero-order valence-electron chi connectivity index (χ0n) is 17.6. The number of ketones is 1. The van der Waals surface area contributed by atoms with Gasteiger partial charge in [0.2, 0.25) is 0 Å². The molecule has 4 aliphatic rings. The van der Waals surface area contributed by atoms with Gasteiger partial charge in [-0.1, -0.05) is 18.2 Å². The first-order valence-corrected chi connectivity index (χ1v) is 11.1. The second kappa shape index (κ2) is 7.03. The smallest absolute Gasteiger partial charge is 0.359 e. The molecule has 6 heteroatoms. The summed E-state index contributed by atoms with van der Waals surface area (Å²) in [6.45, 7) is 3.48. The molecule has 0 atom stereocenters. The van der Waals surface area contributed by atoms with Crippen molar-refractivity contribution in [1.82, 2.24) is 9.78 Å². The van der Waals surface area contributed by atoms with Crippen molar-refractivity contribution < 1.29 is 14.3 Å². The number of hydrogen-bond donors (Lipinski definition) is 0. The van der Waals surface area contributed by atoms with Crippen LogP contribution in [0, 0.1) is 23.2 Å². The van der Waals surface area contributed by atoms with E-state index >= 15 is 0 Å². The van der Waals surface area contributed by atoms with Gasteiger partial charge in [-0.25, -0.2) is 9.48 Å². The van der Waals surface area contributed by atoms with Crippen molar-refractivity contribution in [1.29, 1.82) is 0 Å². The predicted octanol–water partition coefficient (Wildman–Crippen LogP) is 3.92. The summed E-state index contributed by atoms with van der Waals surface area (Å²) in [6, 6.07) is 6.73. The van der Waals surface area contributed by atoms with Gasteiger partial charge in [-0.3, -0.25) is 9.59 Å². The highest BCUT2D eigenvalue weighted by atomic mass is 16.5. The van der Waals surface area contributed by atoms with E-state index in [1.165, 1.54) is 23.9 Å². The van der Waals surface area contributed by atoms with Gasteiger partial charge >= 0.3 is 5.97 Å². The van der Waals surface area contributed by atoms with Crippen molar-refractivity contribution in [3.05, 3.63) is 40.3 Å². The minimum Gasteiger partial charge on any atom is -0.453 e. The molecule has 0 aliphatic heterocycles.